The number of likely N-dealkylation sites (N-methyl/N-ethyl adjacent to an activating group) is 2. The van der Waals surface area contributed by atoms with Crippen molar-refractivity contribution in [2.75, 3.05) is 26.0 Å². The number of ether oxygens (including phenoxy) is 1. The number of likely N-dealkylation sites (tertiary alicyclic amines) is 1. The Kier molecular flexibility index (Phi) is 18.7. The number of nitrogens with one attached hydrogen (secondary N) is 3. The number of hydrogen-bond donors (Lipinski definition) is 4. The molecule has 60 heavy (non-hydrogen) atoms. The topological polar surface area (TPSA) is 153 Å². The highest BCUT2D eigenvalue weighted by Crippen LogP contribution is 2.32. The number of amides is 3. The fraction of sp³-hybridized carbons (Fsp3) is 0.596. The molecule has 3 amide bonds. The molecule has 8 atom stereocenters. The standard InChI is InChI=1S/C47H70N6O6S/c1-11-31(6)42(51-45(57)39-19-15-16-24-52(39)9)47(58)53(10)40(30(4)5)27-41(59-33(8)54)46-50-38(28-60-46)44(56)49-37(26-34-17-13-12-14-18-34)25-32(7)43(55)48-36-22-20-35(21-23-36)29(2)3/h12-14,17-18,20-23,28-32,37,39-42,44,49,56H,11,15-16,19,24-27H2,1-10H3,(H,48,55)(H,51,57)/t31-,32-,37+,39+,40+,41+,42?,44?/m0/s1. The molecule has 4 N–H and O–H groups in total. The van der Waals surface area contributed by atoms with Gasteiger partial charge in [0, 0.05) is 49.5 Å². The quantitative estimate of drug-likeness (QED) is 0.0627. The summed E-state index contributed by atoms with van der Waals surface area (Å²) in [5, 5.41) is 23.3. The van der Waals surface area contributed by atoms with Gasteiger partial charge in [-0.3, -0.25) is 29.4 Å². The Hall–Kier alpha value is -4.17. The Labute approximate surface area is 362 Å². The molecule has 0 spiro atoms. The van der Waals surface area contributed by atoms with Crippen molar-refractivity contribution >= 4 is 40.7 Å². The molecule has 1 aromatic heterocycles. The van der Waals surface area contributed by atoms with Crippen molar-refractivity contribution in [2.45, 2.75) is 143 Å². The van der Waals surface area contributed by atoms with Gasteiger partial charge in [-0.1, -0.05) is 104 Å². The lowest BCUT2D eigenvalue weighted by atomic mass is 9.92. The van der Waals surface area contributed by atoms with E-state index < -0.39 is 24.3 Å². The highest BCUT2D eigenvalue weighted by Gasteiger charge is 2.37. The van der Waals surface area contributed by atoms with Crippen molar-refractivity contribution in [3.63, 3.8) is 0 Å². The van der Waals surface area contributed by atoms with Crippen LogP contribution in [0.4, 0.5) is 5.69 Å². The van der Waals surface area contributed by atoms with Gasteiger partial charge in [0.1, 0.15) is 17.3 Å². The average Bonchev–Trinajstić information content (AvgIpc) is 3.72. The summed E-state index contributed by atoms with van der Waals surface area (Å²) in [6.45, 7) is 16.4. The van der Waals surface area contributed by atoms with E-state index in [0.29, 0.717) is 35.9 Å². The second-order valence-electron chi connectivity index (χ2n) is 17.4. The third-order valence-corrected chi connectivity index (χ3v) is 12.9. The summed E-state index contributed by atoms with van der Waals surface area (Å²) in [5.41, 5.74) is 3.36. The first-order valence-electron chi connectivity index (χ1n) is 21.8. The lowest BCUT2D eigenvalue weighted by molar-refractivity contribution is -0.149. The fourth-order valence-corrected chi connectivity index (χ4v) is 8.84. The van der Waals surface area contributed by atoms with Crippen LogP contribution in [-0.2, 0) is 30.3 Å². The van der Waals surface area contributed by atoms with E-state index in [1.807, 2.05) is 96.3 Å². The molecule has 0 aliphatic carbocycles. The van der Waals surface area contributed by atoms with E-state index in [1.54, 1.807) is 17.3 Å². The summed E-state index contributed by atoms with van der Waals surface area (Å²) in [4.78, 5) is 62.3. The van der Waals surface area contributed by atoms with Crippen LogP contribution >= 0.6 is 11.3 Å². The number of aromatic nitrogens is 1. The summed E-state index contributed by atoms with van der Waals surface area (Å²) in [5.74, 6) is -1.03. The molecular weight excluding hydrogens is 777 g/mol. The second kappa shape index (κ2) is 23.2. The predicted octanol–water partition coefficient (Wildman–Crippen LogP) is 7.62. The SMILES string of the molecule is CC[C@H](C)C(NC(=O)[C@H]1CCCCN1C)C(=O)N(C)[C@H](C[C@@H](OC(C)=O)c1nc(C(O)N[C@@H](Cc2ccccc2)C[C@H](C)C(=O)Nc2ccc(C(C)C)cc2)cs1)C(C)C. The number of aliphatic hydroxyl groups is 1. The van der Waals surface area contributed by atoms with Gasteiger partial charge in [-0.2, -0.15) is 0 Å². The smallest absolute Gasteiger partial charge is 0.303 e. The van der Waals surface area contributed by atoms with Gasteiger partial charge in [0.05, 0.1) is 11.7 Å². The number of nitrogens with zero attached hydrogens (tertiary/aromatic N) is 3. The molecule has 1 aliphatic rings. The molecule has 2 aromatic carbocycles. The number of rotatable bonds is 21. The zero-order valence-corrected chi connectivity index (χ0v) is 38.3. The highest BCUT2D eigenvalue weighted by atomic mass is 32.1. The first-order chi connectivity index (χ1) is 28.5. The predicted molar refractivity (Wildman–Crippen MR) is 239 cm³/mol. The van der Waals surface area contributed by atoms with E-state index in [0.717, 1.165) is 37.1 Å². The van der Waals surface area contributed by atoms with E-state index in [-0.39, 0.29) is 60.0 Å². The number of carbonyl (C=O) groups excluding carboxylic acids is 4. The number of piperidine rings is 1. The molecular formula is C47H70N6O6S. The number of benzene rings is 2. The van der Waals surface area contributed by atoms with Gasteiger partial charge in [0.15, 0.2) is 6.10 Å². The molecule has 2 unspecified atom stereocenters. The van der Waals surface area contributed by atoms with Crippen LogP contribution in [-0.4, -0.2) is 88.4 Å². The second-order valence-corrected chi connectivity index (χ2v) is 18.3. The van der Waals surface area contributed by atoms with Crippen LogP contribution in [0.5, 0.6) is 0 Å². The van der Waals surface area contributed by atoms with Crippen molar-refractivity contribution in [1.82, 2.24) is 25.4 Å². The third kappa shape index (κ3) is 13.9. The Morgan fingerprint density at radius 3 is 2.27 bits per heavy atom. The minimum Gasteiger partial charge on any atom is -0.455 e. The third-order valence-electron chi connectivity index (χ3n) is 12.0. The number of thiazole rings is 1. The summed E-state index contributed by atoms with van der Waals surface area (Å²) in [6, 6.07) is 16.2. The zero-order valence-electron chi connectivity index (χ0n) is 37.4. The molecule has 1 fully saturated rings. The van der Waals surface area contributed by atoms with Crippen molar-refractivity contribution in [3.05, 3.63) is 81.8 Å². The zero-order chi connectivity index (χ0) is 44.1. The van der Waals surface area contributed by atoms with Gasteiger partial charge < -0.3 is 25.4 Å². The number of esters is 1. The summed E-state index contributed by atoms with van der Waals surface area (Å²) in [6.07, 6.45) is 2.81. The Morgan fingerprint density at radius 2 is 1.67 bits per heavy atom. The largest absolute Gasteiger partial charge is 0.455 e. The van der Waals surface area contributed by atoms with E-state index in [4.69, 9.17) is 9.72 Å². The van der Waals surface area contributed by atoms with Gasteiger partial charge in [-0.15, -0.1) is 11.3 Å². The van der Waals surface area contributed by atoms with Crippen LogP contribution < -0.4 is 16.0 Å². The summed E-state index contributed by atoms with van der Waals surface area (Å²) in [7, 11) is 3.71. The molecule has 1 saturated heterocycles. The maximum atomic E-state index is 14.3. The van der Waals surface area contributed by atoms with Crippen molar-refractivity contribution in [2.24, 2.45) is 17.8 Å². The van der Waals surface area contributed by atoms with Crippen molar-refractivity contribution in [3.8, 4) is 0 Å². The number of carbonyl (C=O) groups is 4. The Morgan fingerprint density at radius 1 is 0.983 bits per heavy atom. The lowest BCUT2D eigenvalue weighted by Crippen LogP contribution is -2.58. The molecule has 3 aromatic rings. The van der Waals surface area contributed by atoms with E-state index in [2.05, 4.69) is 34.7 Å². The Bertz CT molecular complexity index is 1820. The van der Waals surface area contributed by atoms with Gasteiger partial charge in [0.25, 0.3) is 0 Å². The van der Waals surface area contributed by atoms with E-state index in [9.17, 15) is 24.3 Å². The van der Waals surface area contributed by atoms with E-state index >= 15 is 0 Å². The number of anilines is 1. The van der Waals surface area contributed by atoms with Crippen LogP contribution in [0.2, 0.25) is 0 Å². The van der Waals surface area contributed by atoms with Crippen molar-refractivity contribution in [1.29, 1.82) is 0 Å². The summed E-state index contributed by atoms with van der Waals surface area (Å²) >= 11 is 1.28. The van der Waals surface area contributed by atoms with Crippen LogP contribution in [0, 0.1) is 17.8 Å². The molecule has 330 valence electrons. The first kappa shape index (κ1) is 48.5. The molecule has 4 rings (SSSR count). The summed E-state index contributed by atoms with van der Waals surface area (Å²) < 4.78 is 5.88. The van der Waals surface area contributed by atoms with E-state index in [1.165, 1.54) is 23.8 Å². The highest BCUT2D eigenvalue weighted by molar-refractivity contribution is 7.09. The Balaban J connectivity index is 1.50. The van der Waals surface area contributed by atoms with Crippen molar-refractivity contribution < 1.29 is 29.0 Å². The van der Waals surface area contributed by atoms with Crippen LogP contribution in [0.15, 0.2) is 60.0 Å². The molecule has 12 nitrogen and oxygen atoms in total. The monoisotopic (exact) mass is 847 g/mol. The van der Waals surface area contributed by atoms with Gasteiger partial charge >= 0.3 is 5.97 Å². The normalized spacial score (nSPS) is 18.2. The minimum absolute atomic E-state index is 0.0289. The van der Waals surface area contributed by atoms with Gasteiger partial charge in [-0.25, -0.2) is 4.98 Å². The van der Waals surface area contributed by atoms with Crippen LogP contribution in [0.1, 0.15) is 134 Å². The average molecular weight is 847 g/mol. The maximum absolute atomic E-state index is 14.3. The maximum Gasteiger partial charge on any atom is 0.303 e. The first-order valence-corrected chi connectivity index (χ1v) is 22.6. The lowest BCUT2D eigenvalue weighted by Gasteiger charge is -2.38. The molecule has 13 heteroatoms. The fourth-order valence-electron chi connectivity index (χ4n) is 7.96. The van der Waals surface area contributed by atoms with Gasteiger partial charge in [0.2, 0.25) is 17.7 Å². The molecule has 1 aliphatic heterocycles. The number of hydrogen-bond acceptors (Lipinski definition) is 10. The number of aliphatic hydroxyl groups excluding tert-OH is 1. The van der Waals surface area contributed by atoms with Crippen LogP contribution in [0.25, 0.3) is 0 Å². The van der Waals surface area contributed by atoms with Gasteiger partial charge in [-0.05, 0) is 80.3 Å². The molecule has 0 bridgehead atoms. The molecule has 2 heterocycles. The molecule has 0 radical (unpaired) electrons. The molecule has 0 saturated carbocycles. The minimum atomic E-state index is -1.17. The van der Waals surface area contributed by atoms with Crippen LogP contribution in [0.3, 0.4) is 0 Å².